The number of phosphoric acid groups is 1. The van der Waals surface area contributed by atoms with Crippen molar-refractivity contribution in [3.63, 3.8) is 0 Å². The Balaban J connectivity index is -0.000000605. The first-order valence-electron chi connectivity index (χ1n) is 3.79. The van der Waals surface area contributed by atoms with E-state index in [0.29, 0.717) is 6.42 Å². The summed E-state index contributed by atoms with van der Waals surface area (Å²) in [5.74, 6) is 0. The van der Waals surface area contributed by atoms with Crippen molar-refractivity contribution in [1.82, 2.24) is 12.3 Å². The molecule has 0 heterocycles. The molecule has 14 heavy (non-hydrogen) atoms. The van der Waals surface area contributed by atoms with Crippen molar-refractivity contribution in [3.05, 3.63) is 0 Å². The summed E-state index contributed by atoms with van der Waals surface area (Å²) in [6.45, 7) is 0.0333. The zero-order valence-corrected chi connectivity index (χ0v) is 11.8. The molecule has 8 heteroatoms. The van der Waals surface area contributed by atoms with Crippen LogP contribution in [0.4, 0.5) is 0 Å². The summed E-state index contributed by atoms with van der Waals surface area (Å²) in [4.78, 5) is 19.9. The van der Waals surface area contributed by atoms with Crippen molar-refractivity contribution in [1.29, 1.82) is 0 Å². The van der Waals surface area contributed by atoms with Crippen molar-refractivity contribution < 1.29 is 18.9 Å². The fourth-order valence-corrected chi connectivity index (χ4v) is 1.62. The van der Waals surface area contributed by atoms with E-state index in [1.165, 1.54) is 0 Å². The second-order valence-corrected chi connectivity index (χ2v) is 4.62. The summed E-state index contributed by atoms with van der Waals surface area (Å²) in [6, 6.07) is 0. The summed E-state index contributed by atoms with van der Waals surface area (Å²) in [7, 11) is -4.72. The lowest BCUT2D eigenvalue weighted by molar-refractivity contribution is -0.341. The Hall–Kier alpha value is 0.760. The third-order valence-electron chi connectivity index (χ3n) is 1.28. The molecule has 0 aliphatic heterocycles. The van der Waals surface area contributed by atoms with E-state index in [-0.39, 0.29) is 18.9 Å². The van der Waals surface area contributed by atoms with Crippen LogP contribution in [-0.2, 0) is 9.09 Å². The highest BCUT2D eigenvalue weighted by molar-refractivity contribution is 14.1. The first-order chi connectivity index (χ1) is 5.56. The van der Waals surface area contributed by atoms with Crippen molar-refractivity contribution in [2.45, 2.75) is 25.7 Å². The second-order valence-electron chi connectivity index (χ2n) is 2.38. The molecule has 0 saturated heterocycles. The fourth-order valence-electron chi connectivity index (χ4n) is 0.726. The molecule has 0 aromatic rings. The SMILES string of the molecule is O=P([O-])([O-])OCCCCCCI.[NH4+].[NH4+]. The highest BCUT2D eigenvalue weighted by atomic mass is 127. The zero-order valence-electron chi connectivity index (χ0n) is 8.70. The number of phosphoric ester groups is 1. The monoisotopic (exact) mass is 342 g/mol. The summed E-state index contributed by atoms with van der Waals surface area (Å²) in [6.07, 6.45) is 3.76. The van der Waals surface area contributed by atoms with Crippen LogP contribution < -0.4 is 22.1 Å². The number of halogens is 1. The van der Waals surface area contributed by atoms with E-state index in [2.05, 4.69) is 27.1 Å². The average molecular weight is 342 g/mol. The summed E-state index contributed by atoms with van der Waals surface area (Å²) in [5, 5.41) is 0. The molecule has 0 unspecified atom stereocenters. The van der Waals surface area contributed by atoms with Gasteiger partial charge < -0.3 is 31.2 Å². The number of hydrogen-bond donors (Lipinski definition) is 2. The first-order valence-corrected chi connectivity index (χ1v) is 6.77. The van der Waals surface area contributed by atoms with E-state index in [0.717, 1.165) is 23.7 Å². The average Bonchev–Trinajstić information content (AvgIpc) is 1.94. The number of alkyl halides is 1. The molecule has 8 N–H and O–H groups in total. The zero-order chi connectivity index (χ0) is 9.45. The van der Waals surface area contributed by atoms with Crippen molar-refractivity contribution >= 4 is 30.4 Å². The van der Waals surface area contributed by atoms with Gasteiger partial charge in [-0.15, -0.1) is 0 Å². The van der Waals surface area contributed by atoms with Gasteiger partial charge >= 0.3 is 0 Å². The quantitative estimate of drug-likeness (QED) is 0.313. The molecule has 0 amide bonds. The van der Waals surface area contributed by atoms with Gasteiger partial charge in [-0.25, -0.2) is 0 Å². The van der Waals surface area contributed by atoms with Gasteiger partial charge in [-0.05, 0) is 17.3 Å². The van der Waals surface area contributed by atoms with Crippen LogP contribution in [0.15, 0.2) is 0 Å². The highest BCUT2D eigenvalue weighted by Gasteiger charge is 1.92. The predicted molar refractivity (Wildman–Crippen MR) is 62.9 cm³/mol. The lowest BCUT2D eigenvalue weighted by Gasteiger charge is -2.28. The molecule has 0 bridgehead atoms. The number of rotatable bonds is 7. The standard InChI is InChI=1S/C6H14IO4P.2H3N/c7-5-3-1-2-4-6-11-12(8,9)10;;/h1-6H2,(H2,8,9,10);2*1H3. The van der Waals surface area contributed by atoms with Gasteiger partial charge in [0.15, 0.2) is 0 Å². The van der Waals surface area contributed by atoms with Gasteiger partial charge in [0, 0.05) is 0 Å². The predicted octanol–water partition coefficient (Wildman–Crippen LogP) is 1.58. The minimum atomic E-state index is -4.72. The van der Waals surface area contributed by atoms with E-state index in [4.69, 9.17) is 0 Å². The number of quaternary nitrogens is 2. The fraction of sp³-hybridized carbons (Fsp3) is 1.00. The molecule has 0 saturated carbocycles. The molecule has 0 aromatic heterocycles. The summed E-state index contributed by atoms with van der Waals surface area (Å²) < 4.78 is 15.1. The molecule has 6 nitrogen and oxygen atoms in total. The lowest BCUT2D eigenvalue weighted by atomic mass is 10.2. The molecule has 0 aliphatic carbocycles. The van der Waals surface area contributed by atoms with Crippen LogP contribution in [0.25, 0.3) is 0 Å². The smallest absolute Gasteiger partial charge is 0.0596 e. The molecular formula is C6H20IN2O4P. The molecule has 0 radical (unpaired) electrons. The van der Waals surface area contributed by atoms with Gasteiger partial charge in [-0.2, -0.15) is 0 Å². The maximum Gasteiger partial charge on any atom is 0.0596 e. The van der Waals surface area contributed by atoms with E-state index >= 15 is 0 Å². The molecule has 0 fully saturated rings. The van der Waals surface area contributed by atoms with Crippen LogP contribution in [-0.4, -0.2) is 11.0 Å². The Bertz CT molecular complexity index is 155. The highest BCUT2D eigenvalue weighted by Crippen LogP contribution is 2.24. The van der Waals surface area contributed by atoms with E-state index in [1.54, 1.807) is 0 Å². The molecule has 0 spiro atoms. The lowest BCUT2D eigenvalue weighted by Crippen LogP contribution is -2.16. The van der Waals surface area contributed by atoms with Crippen LogP contribution in [0.2, 0.25) is 0 Å². The van der Waals surface area contributed by atoms with Gasteiger partial charge in [0.2, 0.25) is 0 Å². The third kappa shape index (κ3) is 18.5. The largest absolute Gasteiger partial charge is 0.790 e. The van der Waals surface area contributed by atoms with Crippen LogP contribution in [0.3, 0.4) is 0 Å². The maximum atomic E-state index is 9.97. The van der Waals surface area contributed by atoms with Gasteiger partial charge in [0.25, 0.3) is 0 Å². The van der Waals surface area contributed by atoms with E-state index < -0.39 is 7.82 Å². The topological polar surface area (TPSA) is 145 Å². The Labute approximate surface area is 98.3 Å². The Morgan fingerprint density at radius 3 is 2.00 bits per heavy atom. The minimum absolute atomic E-state index is 0. The van der Waals surface area contributed by atoms with Crippen molar-refractivity contribution in [2.75, 3.05) is 11.0 Å². The maximum absolute atomic E-state index is 9.97. The normalized spacial score (nSPS) is 10.2. The van der Waals surface area contributed by atoms with Crippen molar-refractivity contribution in [3.8, 4) is 0 Å². The molecular weight excluding hydrogens is 322 g/mol. The Morgan fingerprint density at radius 1 is 1.07 bits per heavy atom. The van der Waals surface area contributed by atoms with Gasteiger partial charge in [0.05, 0.1) is 14.4 Å². The molecule has 0 aliphatic rings. The third-order valence-corrected chi connectivity index (χ3v) is 2.54. The van der Waals surface area contributed by atoms with Gasteiger partial charge in [0.1, 0.15) is 0 Å². The molecule has 0 atom stereocenters. The van der Waals surface area contributed by atoms with E-state index in [9.17, 15) is 14.4 Å². The Morgan fingerprint density at radius 2 is 1.57 bits per heavy atom. The number of unbranched alkanes of at least 4 members (excludes halogenated alkanes) is 3. The van der Waals surface area contributed by atoms with Gasteiger partial charge in [-0.3, -0.25) is 0 Å². The Kier molecular flexibility index (Phi) is 17.1. The van der Waals surface area contributed by atoms with E-state index in [1.807, 2.05) is 0 Å². The summed E-state index contributed by atoms with van der Waals surface area (Å²) >= 11 is 2.29. The van der Waals surface area contributed by atoms with Crippen LogP contribution in [0.1, 0.15) is 25.7 Å². The number of hydrogen-bond acceptors (Lipinski definition) is 4. The molecule has 90 valence electrons. The van der Waals surface area contributed by atoms with Crippen LogP contribution in [0.5, 0.6) is 0 Å². The second kappa shape index (κ2) is 11.8. The first kappa shape index (κ1) is 20.2. The summed E-state index contributed by atoms with van der Waals surface area (Å²) in [5.41, 5.74) is 0. The minimum Gasteiger partial charge on any atom is -0.790 e. The van der Waals surface area contributed by atoms with Crippen LogP contribution >= 0.6 is 30.4 Å². The molecule has 0 rings (SSSR count). The van der Waals surface area contributed by atoms with Crippen LogP contribution in [0, 0.1) is 0 Å². The van der Waals surface area contributed by atoms with Gasteiger partial charge in [-0.1, -0.05) is 35.4 Å². The van der Waals surface area contributed by atoms with Crippen molar-refractivity contribution in [2.24, 2.45) is 0 Å². The molecule has 0 aromatic carbocycles.